The second kappa shape index (κ2) is 10.6. The number of hydrogen-bond acceptors (Lipinski definition) is 4. The van der Waals surface area contributed by atoms with Gasteiger partial charge in [-0.1, -0.05) is 51.9 Å². The number of rotatable bonds is 8. The number of H-pyrrole nitrogens is 4. The lowest BCUT2D eigenvalue weighted by Gasteiger charge is -1.99. The molecule has 0 aliphatic carbocycles. The molecule has 0 aromatic carbocycles. The van der Waals surface area contributed by atoms with Crippen molar-refractivity contribution in [2.24, 2.45) is 5.73 Å². The normalized spacial score (nSPS) is 10.5. The Balaban J connectivity index is 0.000000232. The Labute approximate surface area is 133 Å². The second-order valence-corrected chi connectivity index (χ2v) is 5.50. The van der Waals surface area contributed by atoms with Crippen molar-refractivity contribution < 1.29 is 0 Å². The van der Waals surface area contributed by atoms with E-state index in [0.717, 1.165) is 6.54 Å². The van der Waals surface area contributed by atoms with E-state index in [0.29, 0.717) is 0 Å². The average Bonchev–Trinajstić information content (AvgIpc) is 2.88. The summed E-state index contributed by atoms with van der Waals surface area (Å²) in [4.78, 5) is 41.0. The maximum absolute atomic E-state index is 10.9. The van der Waals surface area contributed by atoms with Gasteiger partial charge in [-0.2, -0.15) is 0 Å². The number of imidazole rings is 1. The van der Waals surface area contributed by atoms with Crippen molar-refractivity contribution in [3.8, 4) is 0 Å². The molecule has 0 amide bonds. The van der Waals surface area contributed by atoms with Gasteiger partial charge in [-0.15, -0.1) is 0 Å². The molecule has 130 valence electrons. The van der Waals surface area contributed by atoms with Crippen LogP contribution in [0.1, 0.15) is 58.3 Å². The van der Waals surface area contributed by atoms with Gasteiger partial charge in [0.15, 0.2) is 0 Å². The van der Waals surface area contributed by atoms with Gasteiger partial charge in [-0.25, -0.2) is 9.59 Å². The number of fused-ring (bicyclic) bond motifs is 1. The van der Waals surface area contributed by atoms with Crippen molar-refractivity contribution in [1.82, 2.24) is 19.9 Å². The Morgan fingerprint density at radius 2 is 1.26 bits per heavy atom. The Morgan fingerprint density at radius 3 is 1.83 bits per heavy atom. The van der Waals surface area contributed by atoms with Crippen LogP contribution in [-0.4, -0.2) is 26.5 Å². The third-order valence-corrected chi connectivity index (χ3v) is 3.48. The van der Waals surface area contributed by atoms with Crippen molar-refractivity contribution in [2.75, 3.05) is 6.54 Å². The molecule has 0 saturated heterocycles. The molecular formula is C15H27N5O3. The van der Waals surface area contributed by atoms with Crippen LogP contribution < -0.4 is 22.7 Å². The molecule has 0 aliphatic rings. The van der Waals surface area contributed by atoms with E-state index in [-0.39, 0.29) is 11.2 Å². The number of nitrogens with two attached hydrogens (primary N) is 1. The summed E-state index contributed by atoms with van der Waals surface area (Å²) in [5, 5.41) is 0. The highest BCUT2D eigenvalue weighted by Crippen LogP contribution is 2.07. The summed E-state index contributed by atoms with van der Waals surface area (Å²) < 4.78 is 0. The fourth-order valence-corrected chi connectivity index (χ4v) is 2.24. The Bertz CT molecular complexity index is 717. The lowest BCUT2D eigenvalue weighted by molar-refractivity contribution is 0.578. The fraction of sp³-hybridized carbons (Fsp3) is 0.667. The first-order valence-electron chi connectivity index (χ1n) is 8.23. The maximum atomic E-state index is 10.9. The fourth-order valence-electron chi connectivity index (χ4n) is 2.24. The van der Waals surface area contributed by atoms with Crippen LogP contribution in [0.15, 0.2) is 14.4 Å². The molecule has 0 atom stereocenters. The van der Waals surface area contributed by atoms with Crippen LogP contribution in [0.5, 0.6) is 0 Å². The molecule has 6 N–H and O–H groups in total. The van der Waals surface area contributed by atoms with E-state index in [1.807, 2.05) is 4.98 Å². The summed E-state index contributed by atoms with van der Waals surface area (Å²) in [6.07, 6.45) is 11.0. The van der Waals surface area contributed by atoms with Crippen LogP contribution >= 0.6 is 0 Å². The van der Waals surface area contributed by atoms with Gasteiger partial charge >= 0.3 is 11.4 Å². The summed E-state index contributed by atoms with van der Waals surface area (Å²) in [6.45, 7) is 3.13. The van der Waals surface area contributed by atoms with E-state index in [9.17, 15) is 14.4 Å². The van der Waals surface area contributed by atoms with Gasteiger partial charge in [0.25, 0.3) is 5.56 Å². The molecule has 0 fully saturated rings. The SMILES string of the molecule is CCCCCCCCCCN.O=c1[nH]c(=O)c2[nH]c(=O)[nH]c2[nH]1. The first-order chi connectivity index (χ1) is 11.1. The number of nitrogens with one attached hydrogen (secondary N) is 4. The van der Waals surface area contributed by atoms with Crippen molar-refractivity contribution in [3.05, 3.63) is 31.3 Å². The van der Waals surface area contributed by atoms with Gasteiger partial charge in [0.2, 0.25) is 0 Å². The summed E-state index contributed by atoms with van der Waals surface area (Å²) >= 11 is 0. The molecule has 0 radical (unpaired) electrons. The molecule has 23 heavy (non-hydrogen) atoms. The molecule has 0 spiro atoms. The van der Waals surface area contributed by atoms with Gasteiger partial charge < -0.3 is 5.73 Å². The zero-order chi connectivity index (χ0) is 17.1. The summed E-state index contributed by atoms with van der Waals surface area (Å²) in [7, 11) is 0. The predicted molar refractivity (Wildman–Crippen MR) is 91.8 cm³/mol. The zero-order valence-corrected chi connectivity index (χ0v) is 13.7. The number of unbranched alkanes of at least 4 members (excludes halogenated alkanes) is 7. The van der Waals surface area contributed by atoms with Crippen molar-refractivity contribution in [1.29, 1.82) is 0 Å². The van der Waals surface area contributed by atoms with Gasteiger partial charge in [0, 0.05) is 0 Å². The number of aromatic amines is 4. The lowest BCUT2D eigenvalue weighted by Crippen LogP contribution is -2.21. The van der Waals surface area contributed by atoms with E-state index in [4.69, 9.17) is 5.73 Å². The van der Waals surface area contributed by atoms with Gasteiger partial charge in [-0.3, -0.25) is 24.7 Å². The van der Waals surface area contributed by atoms with Crippen LogP contribution in [0, 0.1) is 0 Å². The molecule has 0 unspecified atom stereocenters. The smallest absolute Gasteiger partial charge is 0.327 e. The quantitative estimate of drug-likeness (QED) is 0.467. The van der Waals surface area contributed by atoms with Crippen LogP contribution in [0.4, 0.5) is 0 Å². The van der Waals surface area contributed by atoms with E-state index >= 15 is 0 Å². The third kappa shape index (κ3) is 7.14. The molecule has 2 heterocycles. The first kappa shape index (κ1) is 19.0. The van der Waals surface area contributed by atoms with Crippen molar-refractivity contribution >= 4 is 11.2 Å². The molecule has 0 aliphatic heterocycles. The average molecular weight is 325 g/mol. The largest absolute Gasteiger partial charge is 0.330 e. The monoisotopic (exact) mass is 325 g/mol. The molecule has 8 heteroatoms. The summed E-state index contributed by atoms with van der Waals surface area (Å²) in [6, 6.07) is 0. The minimum absolute atomic E-state index is 0.0413. The Hall–Kier alpha value is -2.09. The Morgan fingerprint density at radius 1 is 0.739 bits per heavy atom. The molecule has 0 bridgehead atoms. The van der Waals surface area contributed by atoms with Gasteiger partial charge in [0.1, 0.15) is 11.2 Å². The topological polar surface area (TPSA) is 140 Å². The maximum Gasteiger partial charge on any atom is 0.327 e. The molecule has 2 aromatic heterocycles. The van der Waals surface area contributed by atoms with Crippen molar-refractivity contribution in [2.45, 2.75) is 58.3 Å². The minimum Gasteiger partial charge on any atom is -0.330 e. The van der Waals surface area contributed by atoms with Crippen LogP contribution in [0.2, 0.25) is 0 Å². The second-order valence-electron chi connectivity index (χ2n) is 5.50. The molecular weight excluding hydrogens is 298 g/mol. The highest BCUT2D eigenvalue weighted by atomic mass is 16.2. The third-order valence-electron chi connectivity index (χ3n) is 3.48. The molecule has 0 saturated carbocycles. The lowest BCUT2D eigenvalue weighted by atomic mass is 10.1. The summed E-state index contributed by atoms with van der Waals surface area (Å²) in [5.41, 5.74) is 3.74. The number of hydrogen-bond donors (Lipinski definition) is 5. The minimum atomic E-state index is -0.650. The molecule has 2 aromatic rings. The van der Waals surface area contributed by atoms with Crippen LogP contribution in [0.3, 0.4) is 0 Å². The highest BCUT2D eigenvalue weighted by molar-refractivity contribution is 5.67. The van der Waals surface area contributed by atoms with Gasteiger partial charge in [-0.05, 0) is 13.0 Å². The number of aromatic nitrogens is 4. The molecule has 8 nitrogen and oxygen atoms in total. The van der Waals surface area contributed by atoms with E-state index in [1.165, 1.54) is 51.4 Å². The predicted octanol–water partition coefficient (Wildman–Crippen LogP) is 1.32. The van der Waals surface area contributed by atoms with Crippen LogP contribution in [-0.2, 0) is 0 Å². The van der Waals surface area contributed by atoms with Crippen LogP contribution in [0.25, 0.3) is 11.2 Å². The standard InChI is InChI=1S/C10H23N.C5H4N4O3/c1-2-3-4-5-6-7-8-9-10-11;10-3-1-2(7-4(11)6-1)8-5(12)9-3/h2-11H2,1H3;(H4,6,7,8,9,10,11,12). The molecule has 2 rings (SSSR count). The first-order valence-corrected chi connectivity index (χ1v) is 8.23. The van der Waals surface area contributed by atoms with E-state index in [1.54, 1.807) is 0 Å². The summed E-state index contributed by atoms with van der Waals surface area (Å²) in [5.74, 6) is 0. The van der Waals surface area contributed by atoms with Gasteiger partial charge in [0.05, 0.1) is 0 Å². The van der Waals surface area contributed by atoms with Crippen molar-refractivity contribution in [3.63, 3.8) is 0 Å². The van der Waals surface area contributed by atoms with E-state index < -0.39 is 16.9 Å². The Kier molecular flexibility index (Phi) is 8.74. The highest BCUT2D eigenvalue weighted by Gasteiger charge is 2.02. The zero-order valence-electron chi connectivity index (χ0n) is 13.7. The van der Waals surface area contributed by atoms with E-state index in [2.05, 4.69) is 21.9 Å².